The summed E-state index contributed by atoms with van der Waals surface area (Å²) in [7, 11) is 0. The first-order valence-electron chi connectivity index (χ1n) is 7.49. The first kappa shape index (κ1) is 15.6. The average molecular weight is 320 g/mol. The van der Waals surface area contributed by atoms with Crippen LogP contribution in [0.25, 0.3) is 0 Å². The van der Waals surface area contributed by atoms with Crippen LogP contribution in [-0.4, -0.2) is 17.9 Å². The Morgan fingerprint density at radius 3 is 2.12 bits per heavy atom. The number of nitrogens with one attached hydrogen (secondary N) is 2. The number of furan rings is 1. The highest BCUT2D eigenvalue weighted by atomic mass is 16.3. The van der Waals surface area contributed by atoms with Gasteiger partial charge in [-0.1, -0.05) is 48.5 Å². The molecule has 0 radical (unpaired) electrons. The molecule has 3 aromatic rings. The number of anilines is 1. The van der Waals surface area contributed by atoms with Crippen LogP contribution in [-0.2, 0) is 0 Å². The van der Waals surface area contributed by atoms with E-state index >= 15 is 0 Å². The van der Waals surface area contributed by atoms with E-state index in [4.69, 9.17) is 4.42 Å². The highest BCUT2D eigenvalue weighted by Gasteiger charge is 2.23. The molecule has 3 rings (SSSR count). The number of benzene rings is 2. The largest absolute Gasteiger partial charge is 0.459 e. The first-order chi connectivity index (χ1) is 11.7. The lowest BCUT2D eigenvalue weighted by Gasteiger charge is -2.20. The smallest absolute Gasteiger partial charge is 0.288 e. The third-order valence-electron chi connectivity index (χ3n) is 3.43. The summed E-state index contributed by atoms with van der Waals surface area (Å²) in [5.41, 5.74) is 1.23. The van der Waals surface area contributed by atoms with E-state index < -0.39 is 12.1 Å². The van der Waals surface area contributed by atoms with Crippen molar-refractivity contribution in [2.45, 2.75) is 6.17 Å². The van der Waals surface area contributed by atoms with Crippen molar-refractivity contribution in [2.75, 3.05) is 5.32 Å². The molecule has 0 aliphatic heterocycles. The molecule has 0 saturated carbocycles. The minimum Gasteiger partial charge on any atom is -0.459 e. The van der Waals surface area contributed by atoms with Crippen molar-refractivity contribution in [1.29, 1.82) is 0 Å². The van der Waals surface area contributed by atoms with Crippen LogP contribution in [0.3, 0.4) is 0 Å². The van der Waals surface area contributed by atoms with Gasteiger partial charge in [0.1, 0.15) is 0 Å². The number of carbonyl (C=O) groups is 2. The van der Waals surface area contributed by atoms with Crippen LogP contribution in [0.15, 0.2) is 83.5 Å². The maximum absolute atomic E-state index is 12.7. The molecule has 5 nitrogen and oxygen atoms in total. The van der Waals surface area contributed by atoms with Gasteiger partial charge < -0.3 is 15.1 Å². The minimum atomic E-state index is -0.910. The SMILES string of the molecule is O=C(NC(Nc1ccccc1)C(=O)c1ccccc1)c1ccco1. The lowest BCUT2D eigenvalue weighted by molar-refractivity contribution is 0.0853. The molecule has 0 saturated heterocycles. The molecular formula is C19H16N2O3. The topological polar surface area (TPSA) is 71.3 Å². The zero-order valence-electron chi connectivity index (χ0n) is 12.8. The van der Waals surface area contributed by atoms with Gasteiger partial charge in [0.15, 0.2) is 11.9 Å². The van der Waals surface area contributed by atoms with Gasteiger partial charge in [0.05, 0.1) is 6.26 Å². The second-order valence-electron chi connectivity index (χ2n) is 5.12. The van der Waals surface area contributed by atoms with Gasteiger partial charge in [-0.15, -0.1) is 0 Å². The molecule has 24 heavy (non-hydrogen) atoms. The maximum atomic E-state index is 12.7. The normalized spacial score (nSPS) is 11.5. The van der Waals surface area contributed by atoms with Gasteiger partial charge in [-0.05, 0) is 24.3 Å². The first-order valence-corrected chi connectivity index (χ1v) is 7.49. The van der Waals surface area contributed by atoms with Crippen LogP contribution in [0.1, 0.15) is 20.9 Å². The monoisotopic (exact) mass is 320 g/mol. The van der Waals surface area contributed by atoms with E-state index in [9.17, 15) is 9.59 Å². The standard InChI is InChI=1S/C19H16N2O3/c22-17(14-8-3-1-4-9-14)18(20-15-10-5-2-6-11-15)21-19(23)16-12-7-13-24-16/h1-13,18,20H,(H,21,23). The molecule has 120 valence electrons. The van der Waals surface area contributed by atoms with Gasteiger partial charge in [0, 0.05) is 11.3 Å². The molecular weight excluding hydrogens is 304 g/mol. The number of rotatable bonds is 6. The summed E-state index contributed by atoms with van der Waals surface area (Å²) in [5.74, 6) is -0.548. The van der Waals surface area contributed by atoms with Gasteiger partial charge in [0.25, 0.3) is 5.91 Å². The Bertz CT molecular complexity index is 799. The zero-order valence-corrected chi connectivity index (χ0v) is 12.8. The molecule has 5 heteroatoms. The quantitative estimate of drug-likeness (QED) is 0.540. The van der Waals surface area contributed by atoms with E-state index in [1.807, 2.05) is 36.4 Å². The maximum Gasteiger partial charge on any atom is 0.288 e. The molecule has 2 N–H and O–H groups in total. The highest BCUT2D eigenvalue weighted by Crippen LogP contribution is 2.11. The Morgan fingerprint density at radius 2 is 1.50 bits per heavy atom. The van der Waals surface area contributed by atoms with Crippen LogP contribution in [0, 0.1) is 0 Å². The van der Waals surface area contributed by atoms with E-state index in [1.165, 1.54) is 6.26 Å². The van der Waals surface area contributed by atoms with Crippen LogP contribution in [0.5, 0.6) is 0 Å². The van der Waals surface area contributed by atoms with Gasteiger partial charge in [-0.25, -0.2) is 0 Å². The van der Waals surface area contributed by atoms with E-state index in [1.54, 1.807) is 36.4 Å². The number of hydrogen-bond donors (Lipinski definition) is 2. The van der Waals surface area contributed by atoms with Crippen molar-refractivity contribution < 1.29 is 14.0 Å². The van der Waals surface area contributed by atoms with Crippen LogP contribution in [0.2, 0.25) is 0 Å². The number of ketones is 1. The molecule has 2 aromatic carbocycles. The van der Waals surface area contributed by atoms with E-state index in [0.29, 0.717) is 5.56 Å². The van der Waals surface area contributed by atoms with Gasteiger partial charge in [-0.2, -0.15) is 0 Å². The summed E-state index contributed by atoms with van der Waals surface area (Å²) in [4.78, 5) is 25.0. The van der Waals surface area contributed by atoms with E-state index in [0.717, 1.165) is 5.69 Å². The summed E-state index contributed by atoms with van der Waals surface area (Å²) in [6, 6.07) is 21.2. The van der Waals surface area contributed by atoms with E-state index in [2.05, 4.69) is 10.6 Å². The number of Topliss-reactive ketones (excluding diaryl/α,β-unsaturated/α-hetero) is 1. The number of amides is 1. The number of para-hydroxylation sites is 1. The molecule has 1 atom stereocenters. The van der Waals surface area contributed by atoms with E-state index in [-0.39, 0.29) is 11.5 Å². The summed E-state index contributed by atoms with van der Waals surface area (Å²) in [5, 5.41) is 5.72. The molecule has 0 aliphatic rings. The van der Waals surface area contributed by atoms with Crippen molar-refractivity contribution in [3.63, 3.8) is 0 Å². The Hall–Kier alpha value is -3.34. The van der Waals surface area contributed by atoms with Crippen molar-refractivity contribution in [3.8, 4) is 0 Å². The van der Waals surface area contributed by atoms with Crippen LogP contribution >= 0.6 is 0 Å². The summed E-state index contributed by atoms with van der Waals surface area (Å²) >= 11 is 0. The fourth-order valence-electron chi connectivity index (χ4n) is 2.25. The molecule has 0 bridgehead atoms. The summed E-state index contributed by atoms with van der Waals surface area (Å²) in [6.07, 6.45) is 0.500. The molecule has 0 aliphatic carbocycles. The Labute approximate surface area is 139 Å². The number of hydrogen-bond acceptors (Lipinski definition) is 4. The van der Waals surface area contributed by atoms with Crippen molar-refractivity contribution in [1.82, 2.24) is 5.32 Å². The predicted molar refractivity (Wildman–Crippen MR) is 90.8 cm³/mol. The number of carbonyl (C=O) groups excluding carboxylic acids is 2. The molecule has 1 aromatic heterocycles. The van der Waals surface area contributed by atoms with Gasteiger partial charge >= 0.3 is 0 Å². The van der Waals surface area contributed by atoms with Gasteiger partial charge in [0.2, 0.25) is 5.78 Å². The second-order valence-corrected chi connectivity index (χ2v) is 5.12. The Kier molecular flexibility index (Phi) is 4.72. The van der Waals surface area contributed by atoms with Crippen LogP contribution < -0.4 is 10.6 Å². The van der Waals surface area contributed by atoms with Gasteiger partial charge in [-0.3, -0.25) is 9.59 Å². The molecule has 1 heterocycles. The fourth-order valence-corrected chi connectivity index (χ4v) is 2.25. The van der Waals surface area contributed by atoms with Crippen molar-refractivity contribution in [2.24, 2.45) is 0 Å². The van der Waals surface area contributed by atoms with Crippen LogP contribution in [0.4, 0.5) is 5.69 Å². The van der Waals surface area contributed by atoms with Crippen molar-refractivity contribution in [3.05, 3.63) is 90.4 Å². The second kappa shape index (κ2) is 7.28. The minimum absolute atomic E-state index is 0.149. The van der Waals surface area contributed by atoms with Crippen molar-refractivity contribution >= 4 is 17.4 Å². The fraction of sp³-hybridized carbons (Fsp3) is 0.0526. The highest BCUT2D eigenvalue weighted by molar-refractivity contribution is 6.04. The molecule has 0 fully saturated rings. The Balaban J connectivity index is 1.83. The lowest BCUT2D eigenvalue weighted by Crippen LogP contribution is -2.46. The Morgan fingerprint density at radius 1 is 0.833 bits per heavy atom. The molecule has 1 amide bonds. The molecule has 1 unspecified atom stereocenters. The summed E-state index contributed by atoms with van der Waals surface area (Å²) in [6.45, 7) is 0. The third kappa shape index (κ3) is 3.70. The predicted octanol–water partition coefficient (Wildman–Crippen LogP) is 3.33. The summed E-state index contributed by atoms with van der Waals surface area (Å²) < 4.78 is 5.08. The zero-order chi connectivity index (χ0) is 16.8. The third-order valence-corrected chi connectivity index (χ3v) is 3.43. The average Bonchev–Trinajstić information content (AvgIpc) is 3.17. The molecule has 0 spiro atoms. The lowest BCUT2D eigenvalue weighted by atomic mass is 10.1.